The van der Waals surface area contributed by atoms with E-state index in [2.05, 4.69) is 34.3 Å². The molecule has 1 aliphatic heterocycles. The van der Waals surface area contributed by atoms with E-state index in [4.69, 9.17) is 4.74 Å². The number of carbonyl (C=O) groups excluding carboxylic acids is 1. The lowest BCUT2D eigenvalue weighted by Gasteiger charge is -2.12. The molecule has 0 atom stereocenters. The van der Waals surface area contributed by atoms with E-state index in [1.807, 2.05) is 13.8 Å². The van der Waals surface area contributed by atoms with Gasteiger partial charge in [0.1, 0.15) is 23.9 Å². The molecule has 0 bridgehead atoms. The molecule has 1 amide bonds. The van der Waals surface area contributed by atoms with E-state index < -0.39 is 0 Å². The van der Waals surface area contributed by atoms with E-state index >= 15 is 0 Å². The molecular formula is C17H21N3O2. The van der Waals surface area contributed by atoms with Crippen molar-refractivity contribution >= 4 is 5.91 Å². The van der Waals surface area contributed by atoms with Gasteiger partial charge in [-0.15, -0.1) is 0 Å². The van der Waals surface area contributed by atoms with Gasteiger partial charge in [-0.3, -0.25) is 4.79 Å². The minimum atomic E-state index is -0.0994. The highest BCUT2D eigenvalue weighted by molar-refractivity contribution is 5.93. The quantitative estimate of drug-likeness (QED) is 0.915. The zero-order chi connectivity index (χ0) is 15.7. The minimum absolute atomic E-state index is 0.0994. The monoisotopic (exact) mass is 299 g/mol. The average molecular weight is 299 g/mol. The predicted octanol–water partition coefficient (Wildman–Crippen LogP) is 2.59. The average Bonchev–Trinajstić information content (AvgIpc) is 2.78. The molecule has 5 nitrogen and oxygen atoms in total. The summed E-state index contributed by atoms with van der Waals surface area (Å²) in [5.41, 5.74) is 4.87. The number of benzene rings is 1. The number of H-pyrrole nitrogens is 1. The number of aromatic amines is 1. The summed E-state index contributed by atoms with van der Waals surface area (Å²) in [5.74, 6) is 1.49. The van der Waals surface area contributed by atoms with Crippen LogP contribution in [0.1, 0.15) is 45.1 Å². The summed E-state index contributed by atoms with van der Waals surface area (Å²) in [6.45, 7) is 7.20. The molecular weight excluding hydrogens is 278 g/mol. The van der Waals surface area contributed by atoms with Gasteiger partial charge in [-0.05, 0) is 44.7 Å². The molecule has 22 heavy (non-hydrogen) atoms. The van der Waals surface area contributed by atoms with E-state index in [1.165, 1.54) is 5.56 Å². The van der Waals surface area contributed by atoms with Gasteiger partial charge in [-0.25, -0.2) is 4.98 Å². The van der Waals surface area contributed by atoms with Crippen LogP contribution >= 0.6 is 0 Å². The number of amides is 1. The fourth-order valence-electron chi connectivity index (χ4n) is 2.99. The Morgan fingerprint density at radius 1 is 1.23 bits per heavy atom. The molecule has 0 unspecified atom stereocenters. The number of rotatable bonds is 3. The number of imidazole rings is 1. The van der Waals surface area contributed by atoms with Crippen molar-refractivity contribution in [2.45, 2.75) is 40.2 Å². The third kappa shape index (κ3) is 2.84. The van der Waals surface area contributed by atoms with Crippen LogP contribution in [0.2, 0.25) is 0 Å². The van der Waals surface area contributed by atoms with Crippen molar-refractivity contribution in [3.05, 3.63) is 46.0 Å². The summed E-state index contributed by atoms with van der Waals surface area (Å²) in [6.07, 6.45) is 1.76. The Labute approximate surface area is 130 Å². The van der Waals surface area contributed by atoms with Crippen LogP contribution < -0.4 is 10.1 Å². The molecule has 3 rings (SSSR count). The molecule has 1 aliphatic rings. The Balaban J connectivity index is 1.78. The van der Waals surface area contributed by atoms with Gasteiger partial charge in [-0.2, -0.15) is 0 Å². The van der Waals surface area contributed by atoms with Crippen LogP contribution in [0.15, 0.2) is 12.1 Å². The van der Waals surface area contributed by atoms with Crippen LogP contribution in [0.4, 0.5) is 0 Å². The smallest absolute Gasteiger partial charge is 0.271 e. The molecule has 0 saturated heterocycles. The number of aryl methyl sites for hydroxylation is 4. The second kappa shape index (κ2) is 5.83. The number of carbonyl (C=O) groups is 1. The highest BCUT2D eigenvalue weighted by Crippen LogP contribution is 2.25. The number of hydrogen-bond donors (Lipinski definition) is 2. The lowest BCUT2D eigenvalue weighted by molar-refractivity contribution is 0.0951. The molecule has 116 valence electrons. The number of aromatic nitrogens is 2. The van der Waals surface area contributed by atoms with Crippen LogP contribution in [0.5, 0.6) is 5.75 Å². The second-order valence-corrected chi connectivity index (χ2v) is 5.89. The Kier molecular flexibility index (Phi) is 3.88. The lowest BCUT2D eigenvalue weighted by Crippen LogP contribution is -2.23. The van der Waals surface area contributed by atoms with Crippen molar-refractivity contribution < 1.29 is 9.53 Å². The highest BCUT2D eigenvalue weighted by atomic mass is 16.5. The van der Waals surface area contributed by atoms with E-state index in [0.717, 1.165) is 35.4 Å². The second-order valence-electron chi connectivity index (χ2n) is 5.89. The maximum atomic E-state index is 11.9. The SMILES string of the molecule is Cc1cc(C)c(OCc2nc3c([nH]2)CCCNC3=O)c(C)c1. The Bertz CT molecular complexity index is 696. The molecule has 0 aliphatic carbocycles. The Morgan fingerprint density at radius 2 is 1.95 bits per heavy atom. The van der Waals surface area contributed by atoms with Crippen molar-refractivity contribution in [1.82, 2.24) is 15.3 Å². The van der Waals surface area contributed by atoms with Crippen molar-refractivity contribution in [1.29, 1.82) is 0 Å². The van der Waals surface area contributed by atoms with Gasteiger partial charge in [-0.1, -0.05) is 17.7 Å². The first-order chi connectivity index (χ1) is 10.5. The topological polar surface area (TPSA) is 67.0 Å². The van der Waals surface area contributed by atoms with E-state index in [-0.39, 0.29) is 5.91 Å². The molecule has 1 aromatic carbocycles. The molecule has 0 radical (unpaired) electrons. The number of fused-ring (bicyclic) bond motifs is 1. The molecule has 0 spiro atoms. The van der Waals surface area contributed by atoms with Crippen LogP contribution in [-0.4, -0.2) is 22.4 Å². The standard InChI is InChI=1S/C17H21N3O2/c1-10-7-11(2)16(12(3)8-10)22-9-14-19-13-5-4-6-18-17(21)15(13)20-14/h7-8H,4-6,9H2,1-3H3,(H,18,21)(H,19,20). The largest absolute Gasteiger partial charge is 0.485 e. The number of ether oxygens (including phenoxy) is 1. The van der Waals surface area contributed by atoms with Gasteiger partial charge in [0.25, 0.3) is 5.91 Å². The summed E-state index contributed by atoms with van der Waals surface area (Å²) < 4.78 is 5.93. The maximum absolute atomic E-state index is 11.9. The third-order valence-electron chi connectivity index (χ3n) is 3.89. The predicted molar refractivity (Wildman–Crippen MR) is 84.2 cm³/mol. The van der Waals surface area contributed by atoms with Gasteiger partial charge >= 0.3 is 0 Å². The zero-order valence-electron chi connectivity index (χ0n) is 13.2. The van der Waals surface area contributed by atoms with Crippen molar-refractivity contribution in [2.75, 3.05) is 6.54 Å². The lowest BCUT2D eigenvalue weighted by atomic mass is 10.1. The molecule has 1 aromatic heterocycles. The molecule has 5 heteroatoms. The first kappa shape index (κ1) is 14.6. The zero-order valence-corrected chi connectivity index (χ0v) is 13.2. The summed E-state index contributed by atoms with van der Waals surface area (Å²) >= 11 is 0. The summed E-state index contributed by atoms with van der Waals surface area (Å²) in [5, 5.41) is 2.85. The summed E-state index contributed by atoms with van der Waals surface area (Å²) in [7, 11) is 0. The van der Waals surface area contributed by atoms with E-state index in [0.29, 0.717) is 24.7 Å². The van der Waals surface area contributed by atoms with Crippen molar-refractivity contribution in [3.8, 4) is 5.75 Å². The minimum Gasteiger partial charge on any atom is -0.485 e. The van der Waals surface area contributed by atoms with Crippen LogP contribution in [-0.2, 0) is 13.0 Å². The Morgan fingerprint density at radius 3 is 2.68 bits per heavy atom. The van der Waals surface area contributed by atoms with Crippen LogP contribution in [0.3, 0.4) is 0 Å². The first-order valence-corrected chi connectivity index (χ1v) is 7.61. The van der Waals surface area contributed by atoms with Gasteiger partial charge < -0.3 is 15.0 Å². The maximum Gasteiger partial charge on any atom is 0.271 e. The number of hydrogen-bond acceptors (Lipinski definition) is 3. The fourth-order valence-corrected chi connectivity index (χ4v) is 2.99. The summed E-state index contributed by atoms with van der Waals surface area (Å²) in [6, 6.07) is 4.21. The van der Waals surface area contributed by atoms with Crippen molar-refractivity contribution in [2.24, 2.45) is 0 Å². The first-order valence-electron chi connectivity index (χ1n) is 7.61. The van der Waals surface area contributed by atoms with Gasteiger partial charge in [0.05, 0.1) is 0 Å². The van der Waals surface area contributed by atoms with Crippen molar-refractivity contribution in [3.63, 3.8) is 0 Å². The third-order valence-corrected chi connectivity index (χ3v) is 3.89. The number of nitrogens with zero attached hydrogens (tertiary/aromatic N) is 1. The Hall–Kier alpha value is -2.30. The van der Waals surface area contributed by atoms with Crippen LogP contribution in [0.25, 0.3) is 0 Å². The van der Waals surface area contributed by atoms with Crippen LogP contribution in [0, 0.1) is 20.8 Å². The van der Waals surface area contributed by atoms with Gasteiger partial charge in [0.2, 0.25) is 0 Å². The highest BCUT2D eigenvalue weighted by Gasteiger charge is 2.20. The molecule has 0 fully saturated rings. The fraction of sp³-hybridized carbons (Fsp3) is 0.412. The molecule has 2 aromatic rings. The molecule has 0 saturated carbocycles. The normalized spacial score (nSPS) is 14.2. The molecule has 2 heterocycles. The molecule has 2 N–H and O–H groups in total. The van der Waals surface area contributed by atoms with Gasteiger partial charge in [0.15, 0.2) is 0 Å². The number of nitrogens with one attached hydrogen (secondary N) is 2. The van der Waals surface area contributed by atoms with E-state index in [9.17, 15) is 4.79 Å². The summed E-state index contributed by atoms with van der Waals surface area (Å²) in [4.78, 5) is 19.5. The van der Waals surface area contributed by atoms with E-state index in [1.54, 1.807) is 0 Å². The van der Waals surface area contributed by atoms with Gasteiger partial charge in [0, 0.05) is 12.2 Å².